The molecule has 0 aromatic carbocycles. The van der Waals surface area contributed by atoms with Crippen molar-refractivity contribution in [1.82, 2.24) is 10.2 Å². The van der Waals surface area contributed by atoms with E-state index in [0.717, 1.165) is 0 Å². The minimum Gasteiger partial charge on any atom is -0.395 e. The second kappa shape index (κ2) is 5.74. The summed E-state index contributed by atoms with van der Waals surface area (Å²) in [6.07, 6.45) is 0. The Morgan fingerprint density at radius 3 is 2.67 bits per heavy atom. The van der Waals surface area contributed by atoms with Gasteiger partial charge in [0, 0.05) is 12.1 Å². The lowest BCUT2D eigenvalue weighted by atomic mass is 10.3. The number of nitrogens with one attached hydrogen (secondary N) is 1. The lowest BCUT2D eigenvalue weighted by Crippen LogP contribution is -2.36. The largest absolute Gasteiger partial charge is 0.395 e. The summed E-state index contributed by atoms with van der Waals surface area (Å²) in [7, 11) is 1.81. The minimum atomic E-state index is -0.153. The standard InChI is InChI=1S/C8H16N2O2/c1-7(2)8(12)9-6-10(3)4-5-11/h11H,1,4-6H2,2-3H3,(H,9,12). The number of hydrogen-bond donors (Lipinski definition) is 2. The first-order valence-corrected chi connectivity index (χ1v) is 3.81. The minimum absolute atomic E-state index is 0.0967. The molecule has 0 bridgehead atoms. The summed E-state index contributed by atoms with van der Waals surface area (Å²) < 4.78 is 0. The first-order chi connectivity index (χ1) is 5.57. The number of carbonyl (C=O) groups is 1. The van der Waals surface area contributed by atoms with Crippen LogP contribution < -0.4 is 5.32 Å². The normalized spacial score (nSPS) is 10.0. The summed E-state index contributed by atoms with van der Waals surface area (Å²) in [5.41, 5.74) is 0.493. The van der Waals surface area contributed by atoms with Crippen molar-refractivity contribution in [2.75, 3.05) is 26.9 Å². The van der Waals surface area contributed by atoms with E-state index in [-0.39, 0.29) is 12.5 Å². The third-order valence-electron chi connectivity index (χ3n) is 1.38. The second-order valence-electron chi connectivity index (χ2n) is 2.75. The van der Waals surface area contributed by atoms with Gasteiger partial charge < -0.3 is 10.4 Å². The highest BCUT2D eigenvalue weighted by Crippen LogP contribution is 1.85. The molecular formula is C8H16N2O2. The number of aliphatic hydroxyl groups is 1. The fourth-order valence-electron chi connectivity index (χ4n) is 0.607. The Hall–Kier alpha value is -0.870. The fourth-order valence-corrected chi connectivity index (χ4v) is 0.607. The van der Waals surface area contributed by atoms with Crippen molar-refractivity contribution in [1.29, 1.82) is 0 Å². The number of likely N-dealkylation sites (N-methyl/N-ethyl adjacent to an activating group) is 1. The van der Waals surface area contributed by atoms with Crippen LogP contribution in [0.2, 0.25) is 0 Å². The van der Waals surface area contributed by atoms with Crippen molar-refractivity contribution in [3.63, 3.8) is 0 Å². The van der Waals surface area contributed by atoms with E-state index >= 15 is 0 Å². The molecule has 0 aliphatic carbocycles. The third-order valence-corrected chi connectivity index (χ3v) is 1.38. The van der Waals surface area contributed by atoms with Gasteiger partial charge in [-0.25, -0.2) is 0 Å². The van der Waals surface area contributed by atoms with Crippen molar-refractivity contribution < 1.29 is 9.90 Å². The smallest absolute Gasteiger partial charge is 0.247 e. The van der Waals surface area contributed by atoms with Crippen LogP contribution in [0.3, 0.4) is 0 Å². The Labute approximate surface area is 72.9 Å². The van der Waals surface area contributed by atoms with E-state index in [0.29, 0.717) is 18.8 Å². The van der Waals surface area contributed by atoms with E-state index in [1.165, 1.54) is 0 Å². The number of aliphatic hydroxyl groups excluding tert-OH is 1. The number of hydrogen-bond acceptors (Lipinski definition) is 3. The van der Waals surface area contributed by atoms with Crippen LogP contribution in [0.5, 0.6) is 0 Å². The van der Waals surface area contributed by atoms with Crippen molar-refractivity contribution >= 4 is 5.91 Å². The van der Waals surface area contributed by atoms with Crippen LogP contribution in [-0.4, -0.2) is 42.8 Å². The Kier molecular flexibility index (Phi) is 5.32. The van der Waals surface area contributed by atoms with Gasteiger partial charge in [-0.15, -0.1) is 0 Å². The molecule has 0 saturated carbocycles. The van der Waals surface area contributed by atoms with Gasteiger partial charge in [0.25, 0.3) is 0 Å². The van der Waals surface area contributed by atoms with Crippen LogP contribution in [0.4, 0.5) is 0 Å². The maximum Gasteiger partial charge on any atom is 0.247 e. The summed E-state index contributed by atoms with van der Waals surface area (Å²) in [6.45, 7) is 6.24. The molecule has 0 radical (unpaired) electrons. The number of nitrogens with zero attached hydrogens (tertiary/aromatic N) is 1. The molecule has 4 heteroatoms. The zero-order chi connectivity index (χ0) is 9.56. The Balaban J connectivity index is 3.54. The monoisotopic (exact) mass is 172 g/mol. The van der Waals surface area contributed by atoms with E-state index in [1.54, 1.807) is 11.8 Å². The van der Waals surface area contributed by atoms with Crippen LogP contribution in [0.1, 0.15) is 6.92 Å². The molecule has 0 heterocycles. The fraction of sp³-hybridized carbons (Fsp3) is 0.625. The molecule has 0 rings (SSSR count). The SMILES string of the molecule is C=C(C)C(=O)NCN(C)CCO. The molecule has 0 aliphatic heterocycles. The van der Waals surface area contributed by atoms with Gasteiger partial charge in [0.05, 0.1) is 13.3 Å². The lowest BCUT2D eigenvalue weighted by Gasteiger charge is -2.15. The highest BCUT2D eigenvalue weighted by Gasteiger charge is 2.01. The van der Waals surface area contributed by atoms with E-state index in [4.69, 9.17) is 5.11 Å². The first-order valence-electron chi connectivity index (χ1n) is 3.81. The maximum absolute atomic E-state index is 11.0. The van der Waals surface area contributed by atoms with Crippen molar-refractivity contribution in [3.8, 4) is 0 Å². The molecule has 0 aromatic rings. The van der Waals surface area contributed by atoms with E-state index in [2.05, 4.69) is 11.9 Å². The van der Waals surface area contributed by atoms with Gasteiger partial charge in [0.2, 0.25) is 5.91 Å². The molecule has 0 spiro atoms. The summed E-state index contributed by atoms with van der Waals surface area (Å²) >= 11 is 0. The van der Waals surface area contributed by atoms with Gasteiger partial charge in [-0.05, 0) is 14.0 Å². The lowest BCUT2D eigenvalue weighted by molar-refractivity contribution is -0.118. The summed E-state index contributed by atoms with van der Waals surface area (Å²) in [5, 5.41) is 11.2. The number of amides is 1. The Morgan fingerprint density at radius 1 is 1.67 bits per heavy atom. The Morgan fingerprint density at radius 2 is 2.25 bits per heavy atom. The third kappa shape index (κ3) is 4.87. The van der Waals surface area contributed by atoms with Gasteiger partial charge in [0.1, 0.15) is 0 Å². The van der Waals surface area contributed by atoms with E-state index in [9.17, 15) is 4.79 Å². The van der Waals surface area contributed by atoms with Crippen LogP contribution in [-0.2, 0) is 4.79 Å². The molecule has 0 saturated heterocycles. The molecule has 0 atom stereocenters. The van der Waals surface area contributed by atoms with Crippen LogP contribution in [0.15, 0.2) is 12.2 Å². The topological polar surface area (TPSA) is 52.6 Å². The molecule has 1 amide bonds. The van der Waals surface area contributed by atoms with E-state index < -0.39 is 0 Å². The average Bonchev–Trinajstić information content (AvgIpc) is 2.00. The molecule has 0 unspecified atom stereocenters. The van der Waals surface area contributed by atoms with Crippen LogP contribution in [0, 0.1) is 0 Å². The number of carbonyl (C=O) groups excluding carboxylic acids is 1. The predicted octanol–water partition coefficient (Wildman–Crippen LogP) is -0.440. The Bertz CT molecular complexity index is 168. The summed E-state index contributed by atoms with van der Waals surface area (Å²) in [4.78, 5) is 12.8. The van der Waals surface area contributed by atoms with Crippen molar-refractivity contribution in [2.45, 2.75) is 6.92 Å². The average molecular weight is 172 g/mol. The zero-order valence-corrected chi connectivity index (χ0v) is 7.63. The molecule has 70 valence electrons. The summed E-state index contributed by atoms with van der Waals surface area (Å²) in [5.74, 6) is -0.153. The van der Waals surface area contributed by atoms with Crippen LogP contribution >= 0.6 is 0 Å². The summed E-state index contributed by atoms with van der Waals surface area (Å²) in [6, 6.07) is 0. The van der Waals surface area contributed by atoms with Gasteiger partial charge in [-0.1, -0.05) is 6.58 Å². The van der Waals surface area contributed by atoms with Crippen LogP contribution in [0.25, 0.3) is 0 Å². The van der Waals surface area contributed by atoms with Gasteiger partial charge in [0.15, 0.2) is 0 Å². The molecule has 0 aliphatic rings. The van der Waals surface area contributed by atoms with Gasteiger partial charge in [-0.2, -0.15) is 0 Å². The number of rotatable bonds is 5. The molecule has 2 N–H and O–H groups in total. The highest BCUT2D eigenvalue weighted by molar-refractivity contribution is 5.91. The maximum atomic E-state index is 11.0. The molecular weight excluding hydrogens is 156 g/mol. The van der Waals surface area contributed by atoms with E-state index in [1.807, 2.05) is 7.05 Å². The highest BCUT2D eigenvalue weighted by atomic mass is 16.3. The quantitative estimate of drug-likeness (QED) is 0.436. The predicted molar refractivity (Wildman–Crippen MR) is 47.5 cm³/mol. The first kappa shape index (κ1) is 11.1. The van der Waals surface area contributed by atoms with Crippen molar-refractivity contribution in [2.24, 2.45) is 0 Å². The molecule has 12 heavy (non-hydrogen) atoms. The molecule has 0 fully saturated rings. The molecule has 0 aromatic heterocycles. The van der Waals surface area contributed by atoms with Crippen molar-refractivity contribution in [3.05, 3.63) is 12.2 Å². The zero-order valence-electron chi connectivity index (χ0n) is 7.63. The van der Waals surface area contributed by atoms with Gasteiger partial charge in [-0.3, -0.25) is 9.69 Å². The molecule has 4 nitrogen and oxygen atoms in total. The second-order valence-corrected chi connectivity index (χ2v) is 2.75. The van der Waals surface area contributed by atoms with Gasteiger partial charge >= 0.3 is 0 Å².